The van der Waals surface area contributed by atoms with Crippen LogP contribution in [0.15, 0.2) is 4.34 Å². The molecule has 2 rings (SSSR count). The van der Waals surface area contributed by atoms with Crippen molar-refractivity contribution in [3.8, 4) is 0 Å². The summed E-state index contributed by atoms with van der Waals surface area (Å²) >= 11 is 3.61. The molecule has 5 heteroatoms. The van der Waals surface area contributed by atoms with Crippen molar-refractivity contribution < 1.29 is 0 Å². The molecule has 84 valence electrons. The lowest BCUT2D eigenvalue weighted by atomic mass is 10.2. The lowest BCUT2D eigenvalue weighted by Gasteiger charge is -2.18. The summed E-state index contributed by atoms with van der Waals surface area (Å²) in [6, 6.07) is 0.671. The molecule has 0 spiro atoms. The number of hydrogen-bond acceptors (Lipinski definition) is 5. The molecule has 0 amide bonds. The van der Waals surface area contributed by atoms with Gasteiger partial charge in [0.25, 0.3) is 0 Å². The predicted octanol–water partition coefficient (Wildman–Crippen LogP) is 2.47. The third kappa shape index (κ3) is 2.92. The molecule has 3 nitrogen and oxygen atoms in total. The quantitative estimate of drug-likeness (QED) is 0.881. The molecule has 1 aromatic heterocycles. The molecular formula is C10H17N3S2. The Hall–Kier alpha value is -0.130. The second kappa shape index (κ2) is 5.27. The number of nitrogens with one attached hydrogen (secondary N) is 1. The number of thioether (sulfide) groups is 1. The highest BCUT2D eigenvalue weighted by atomic mass is 32.2. The van der Waals surface area contributed by atoms with Gasteiger partial charge in [-0.1, -0.05) is 36.4 Å². The molecule has 0 aromatic carbocycles. The van der Waals surface area contributed by atoms with Crippen LogP contribution in [0.1, 0.15) is 31.2 Å². The highest BCUT2D eigenvalue weighted by molar-refractivity contribution is 8.01. The summed E-state index contributed by atoms with van der Waals surface area (Å²) in [5, 5.41) is 13.5. The third-order valence-electron chi connectivity index (χ3n) is 2.68. The summed E-state index contributed by atoms with van der Waals surface area (Å²) in [5.74, 6) is 0. The SMILES string of the molecule is CCNC1CCCC1Sc1nnc(C)s1. The lowest BCUT2D eigenvalue weighted by molar-refractivity contribution is 0.551. The van der Waals surface area contributed by atoms with Gasteiger partial charge in [-0.2, -0.15) is 0 Å². The second-order valence-electron chi connectivity index (χ2n) is 3.84. The molecule has 0 radical (unpaired) electrons. The highest BCUT2D eigenvalue weighted by Gasteiger charge is 2.28. The fraction of sp³-hybridized carbons (Fsp3) is 0.800. The third-order valence-corrected chi connectivity index (χ3v) is 5.00. The zero-order valence-electron chi connectivity index (χ0n) is 9.19. The first-order valence-electron chi connectivity index (χ1n) is 5.49. The van der Waals surface area contributed by atoms with Crippen molar-refractivity contribution >= 4 is 23.1 Å². The minimum atomic E-state index is 0.671. The monoisotopic (exact) mass is 243 g/mol. The number of rotatable bonds is 4. The molecule has 15 heavy (non-hydrogen) atoms. The van der Waals surface area contributed by atoms with Gasteiger partial charge in [0.15, 0.2) is 4.34 Å². The first kappa shape index (κ1) is 11.4. The highest BCUT2D eigenvalue weighted by Crippen LogP contribution is 2.36. The van der Waals surface area contributed by atoms with Crippen LogP contribution >= 0.6 is 23.1 Å². The molecule has 1 saturated carbocycles. The summed E-state index contributed by atoms with van der Waals surface area (Å²) in [5.41, 5.74) is 0. The summed E-state index contributed by atoms with van der Waals surface area (Å²) in [6.45, 7) is 5.25. The van der Waals surface area contributed by atoms with E-state index in [2.05, 4.69) is 22.4 Å². The van der Waals surface area contributed by atoms with Crippen molar-refractivity contribution in [3.63, 3.8) is 0 Å². The van der Waals surface area contributed by atoms with Gasteiger partial charge in [-0.15, -0.1) is 10.2 Å². The van der Waals surface area contributed by atoms with Crippen LogP contribution in [0.5, 0.6) is 0 Å². The van der Waals surface area contributed by atoms with Crippen LogP contribution < -0.4 is 5.32 Å². The summed E-state index contributed by atoms with van der Waals surface area (Å²) < 4.78 is 1.13. The maximum Gasteiger partial charge on any atom is 0.174 e. The largest absolute Gasteiger partial charge is 0.313 e. The van der Waals surface area contributed by atoms with Crippen molar-refractivity contribution in [1.82, 2.24) is 15.5 Å². The fourth-order valence-electron chi connectivity index (χ4n) is 2.02. The van der Waals surface area contributed by atoms with Gasteiger partial charge in [-0.25, -0.2) is 0 Å². The van der Waals surface area contributed by atoms with Crippen LogP contribution in [0.4, 0.5) is 0 Å². The number of aryl methyl sites for hydroxylation is 1. The number of nitrogens with zero attached hydrogens (tertiary/aromatic N) is 2. The van der Waals surface area contributed by atoms with Crippen LogP contribution in [0.25, 0.3) is 0 Å². The Bertz CT molecular complexity index is 313. The first-order valence-corrected chi connectivity index (χ1v) is 7.19. The van der Waals surface area contributed by atoms with E-state index in [4.69, 9.17) is 0 Å². The van der Waals surface area contributed by atoms with Gasteiger partial charge in [0.1, 0.15) is 5.01 Å². The topological polar surface area (TPSA) is 37.8 Å². The molecule has 1 aliphatic rings. The standard InChI is InChI=1S/C10H17N3S2/c1-3-11-8-5-4-6-9(8)15-10-13-12-7(2)14-10/h8-9,11H,3-6H2,1-2H3. The molecule has 2 atom stereocenters. The van der Waals surface area contributed by atoms with E-state index in [1.54, 1.807) is 11.3 Å². The van der Waals surface area contributed by atoms with Gasteiger partial charge in [-0.05, 0) is 26.3 Å². The van der Waals surface area contributed by atoms with Crippen molar-refractivity contribution in [2.24, 2.45) is 0 Å². The molecule has 1 aromatic rings. The van der Waals surface area contributed by atoms with E-state index >= 15 is 0 Å². The summed E-state index contributed by atoms with van der Waals surface area (Å²) in [7, 11) is 0. The van der Waals surface area contributed by atoms with Gasteiger partial charge in [0, 0.05) is 11.3 Å². The van der Waals surface area contributed by atoms with E-state index in [-0.39, 0.29) is 0 Å². The Balaban J connectivity index is 1.93. The Morgan fingerprint density at radius 2 is 2.33 bits per heavy atom. The number of aromatic nitrogens is 2. The van der Waals surface area contributed by atoms with E-state index in [0.29, 0.717) is 11.3 Å². The molecule has 0 saturated heterocycles. The molecule has 1 N–H and O–H groups in total. The van der Waals surface area contributed by atoms with Gasteiger partial charge in [0.05, 0.1) is 0 Å². The molecule has 1 fully saturated rings. The fourth-order valence-corrected chi connectivity index (χ4v) is 4.39. The van der Waals surface area contributed by atoms with Crippen LogP contribution in [0.3, 0.4) is 0 Å². The average molecular weight is 243 g/mol. The van der Waals surface area contributed by atoms with Gasteiger partial charge in [-0.3, -0.25) is 0 Å². The van der Waals surface area contributed by atoms with Gasteiger partial charge in [0.2, 0.25) is 0 Å². The smallest absolute Gasteiger partial charge is 0.174 e. The normalized spacial score (nSPS) is 26.0. The Morgan fingerprint density at radius 3 is 3.00 bits per heavy atom. The Kier molecular flexibility index (Phi) is 3.99. The lowest BCUT2D eigenvalue weighted by Crippen LogP contribution is -2.33. The van der Waals surface area contributed by atoms with Crippen LogP contribution in [-0.4, -0.2) is 28.0 Å². The van der Waals surface area contributed by atoms with Crippen LogP contribution in [0.2, 0.25) is 0 Å². The molecule has 1 heterocycles. The minimum Gasteiger partial charge on any atom is -0.313 e. The van der Waals surface area contributed by atoms with E-state index in [1.807, 2.05) is 18.7 Å². The van der Waals surface area contributed by atoms with Crippen LogP contribution in [0, 0.1) is 6.92 Å². The van der Waals surface area contributed by atoms with E-state index in [0.717, 1.165) is 15.9 Å². The zero-order chi connectivity index (χ0) is 10.7. The van der Waals surface area contributed by atoms with E-state index in [1.165, 1.54) is 19.3 Å². The summed E-state index contributed by atoms with van der Waals surface area (Å²) in [6.07, 6.45) is 3.96. The molecule has 0 bridgehead atoms. The predicted molar refractivity (Wildman–Crippen MR) is 65.6 cm³/mol. The molecule has 1 aliphatic carbocycles. The maximum atomic E-state index is 4.18. The van der Waals surface area contributed by atoms with Gasteiger partial charge < -0.3 is 5.32 Å². The average Bonchev–Trinajstić information content (AvgIpc) is 2.78. The van der Waals surface area contributed by atoms with Crippen LogP contribution in [-0.2, 0) is 0 Å². The number of hydrogen-bond donors (Lipinski definition) is 1. The second-order valence-corrected chi connectivity index (χ2v) is 6.51. The van der Waals surface area contributed by atoms with Crippen molar-refractivity contribution in [3.05, 3.63) is 5.01 Å². The first-order chi connectivity index (χ1) is 7.29. The molecule has 0 aliphatic heterocycles. The summed E-state index contributed by atoms with van der Waals surface area (Å²) in [4.78, 5) is 0. The minimum absolute atomic E-state index is 0.671. The van der Waals surface area contributed by atoms with Crippen molar-refractivity contribution in [1.29, 1.82) is 0 Å². The van der Waals surface area contributed by atoms with Gasteiger partial charge >= 0.3 is 0 Å². The van der Waals surface area contributed by atoms with E-state index in [9.17, 15) is 0 Å². The van der Waals surface area contributed by atoms with Crippen molar-refractivity contribution in [2.45, 2.75) is 48.7 Å². The molecular weight excluding hydrogens is 226 g/mol. The zero-order valence-corrected chi connectivity index (χ0v) is 10.8. The van der Waals surface area contributed by atoms with E-state index < -0.39 is 0 Å². The maximum absolute atomic E-state index is 4.18. The van der Waals surface area contributed by atoms with Crippen molar-refractivity contribution in [2.75, 3.05) is 6.54 Å². The Morgan fingerprint density at radius 1 is 1.47 bits per heavy atom. The molecule has 2 unspecified atom stereocenters. The Labute approximate surface area is 99.1 Å².